The molecule has 4 nitrogen and oxygen atoms in total. The lowest BCUT2D eigenvalue weighted by Crippen LogP contribution is -2.23. The summed E-state index contributed by atoms with van der Waals surface area (Å²) in [6, 6.07) is 21.3. The average Bonchev–Trinajstić information content (AvgIpc) is 2.99. The molecule has 0 fully saturated rings. The molecule has 3 aromatic rings. The van der Waals surface area contributed by atoms with E-state index in [4.69, 9.17) is 14.2 Å². The third-order valence-electron chi connectivity index (χ3n) is 4.96. The SMILES string of the molecule is COc1cccc(S/C=C2/c3cc(O)c(OCc4ccccc4)cc3OC2(C)C)c1. The van der Waals surface area contributed by atoms with E-state index in [1.807, 2.05) is 68.4 Å². The molecule has 0 saturated carbocycles. The fourth-order valence-electron chi connectivity index (χ4n) is 3.36. The van der Waals surface area contributed by atoms with Gasteiger partial charge in [0.2, 0.25) is 0 Å². The van der Waals surface area contributed by atoms with E-state index >= 15 is 0 Å². The van der Waals surface area contributed by atoms with Crippen molar-refractivity contribution in [3.05, 3.63) is 83.3 Å². The molecule has 3 aromatic carbocycles. The monoisotopic (exact) mass is 420 g/mol. The summed E-state index contributed by atoms with van der Waals surface area (Å²) >= 11 is 1.60. The molecule has 0 bridgehead atoms. The van der Waals surface area contributed by atoms with Gasteiger partial charge in [0, 0.05) is 22.1 Å². The lowest BCUT2D eigenvalue weighted by Gasteiger charge is -2.20. The van der Waals surface area contributed by atoms with E-state index in [0.29, 0.717) is 18.1 Å². The molecule has 1 aliphatic heterocycles. The topological polar surface area (TPSA) is 47.9 Å². The number of ether oxygens (including phenoxy) is 3. The van der Waals surface area contributed by atoms with E-state index < -0.39 is 5.60 Å². The molecule has 0 atom stereocenters. The molecule has 1 heterocycles. The Hall–Kier alpha value is -3.05. The summed E-state index contributed by atoms with van der Waals surface area (Å²) in [5, 5.41) is 12.6. The van der Waals surface area contributed by atoms with Crippen LogP contribution in [0.4, 0.5) is 0 Å². The van der Waals surface area contributed by atoms with Crippen molar-refractivity contribution >= 4 is 17.3 Å². The summed E-state index contributed by atoms with van der Waals surface area (Å²) in [5.74, 6) is 2.04. The Kier molecular flexibility index (Phi) is 5.64. The first-order chi connectivity index (χ1) is 14.5. The fourth-order valence-corrected chi connectivity index (χ4v) is 4.36. The number of phenolic OH excluding ortho intramolecular Hbond substituents is 1. The number of benzene rings is 3. The smallest absolute Gasteiger partial charge is 0.165 e. The van der Waals surface area contributed by atoms with Crippen LogP contribution in [0.5, 0.6) is 23.0 Å². The normalized spacial score (nSPS) is 15.5. The summed E-state index contributed by atoms with van der Waals surface area (Å²) in [4.78, 5) is 1.07. The van der Waals surface area contributed by atoms with E-state index in [1.54, 1.807) is 31.0 Å². The van der Waals surface area contributed by atoms with Gasteiger partial charge >= 0.3 is 0 Å². The standard InChI is InChI=1S/C25H24O4S/c1-25(2)21(16-30-19-11-7-10-18(12-19)27-3)20-13-22(26)24(14-23(20)29-25)28-15-17-8-5-4-6-9-17/h4-14,16,26H,15H2,1-3H3/b21-16-. The maximum Gasteiger partial charge on any atom is 0.165 e. The maximum atomic E-state index is 10.6. The molecule has 0 spiro atoms. The first-order valence-electron chi connectivity index (χ1n) is 9.71. The molecule has 30 heavy (non-hydrogen) atoms. The van der Waals surface area contributed by atoms with E-state index in [9.17, 15) is 5.11 Å². The van der Waals surface area contributed by atoms with Crippen LogP contribution in [-0.4, -0.2) is 17.8 Å². The van der Waals surface area contributed by atoms with Crippen molar-refractivity contribution in [1.29, 1.82) is 0 Å². The van der Waals surface area contributed by atoms with Crippen molar-refractivity contribution in [2.24, 2.45) is 0 Å². The molecule has 0 unspecified atom stereocenters. The highest BCUT2D eigenvalue weighted by Crippen LogP contribution is 2.49. The molecular weight excluding hydrogens is 396 g/mol. The van der Waals surface area contributed by atoms with Gasteiger partial charge in [-0.3, -0.25) is 0 Å². The molecule has 1 aliphatic rings. The summed E-state index contributed by atoms with van der Waals surface area (Å²) in [7, 11) is 1.66. The number of aromatic hydroxyl groups is 1. The van der Waals surface area contributed by atoms with Gasteiger partial charge < -0.3 is 19.3 Å². The largest absolute Gasteiger partial charge is 0.504 e. The quantitative estimate of drug-likeness (QED) is 0.475. The van der Waals surface area contributed by atoms with Crippen LogP contribution < -0.4 is 14.2 Å². The van der Waals surface area contributed by atoms with E-state index in [-0.39, 0.29) is 5.75 Å². The van der Waals surface area contributed by atoms with Crippen LogP contribution in [0.1, 0.15) is 25.0 Å². The number of rotatable bonds is 6. The van der Waals surface area contributed by atoms with Crippen LogP contribution in [0, 0.1) is 0 Å². The number of phenols is 1. The van der Waals surface area contributed by atoms with E-state index in [0.717, 1.165) is 27.3 Å². The molecule has 0 aliphatic carbocycles. The third kappa shape index (κ3) is 4.26. The van der Waals surface area contributed by atoms with Crippen LogP contribution in [-0.2, 0) is 6.61 Å². The summed E-state index contributed by atoms with van der Waals surface area (Å²) in [6.07, 6.45) is 0. The Bertz CT molecular complexity index is 1070. The van der Waals surface area contributed by atoms with Gasteiger partial charge in [0.05, 0.1) is 7.11 Å². The molecule has 0 radical (unpaired) electrons. The third-order valence-corrected chi connectivity index (χ3v) is 5.84. The Morgan fingerprint density at radius 2 is 1.83 bits per heavy atom. The molecule has 0 aromatic heterocycles. The minimum Gasteiger partial charge on any atom is -0.504 e. The van der Waals surface area contributed by atoms with E-state index in [1.165, 1.54) is 0 Å². The molecule has 154 valence electrons. The number of hydrogen-bond acceptors (Lipinski definition) is 5. The lowest BCUT2D eigenvalue weighted by atomic mass is 9.95. The zero-order chi connectivity index (χ0) is 21.1. The zero-order valence-corrected chi connectivity index (χ0v) is 18.0. The molecule has 4 rings (SSSR count). The van der Waals surface area contributed by atoms with Crippen molar-refractivity contribution in [2.75, 3.05) is 7.11 Å². The van der Waals surface area contributed by atoms with Crippen LogP contribution in [0.2, 0.25) is 0 Å². The average molecular weight is 421 g/mol. The summed E-state index contributed by atoms with van der Waals surface area (Å²) < 4.78 is 17.3. The van der Waals surface area contributed by atoms with Crippen LogP contribution >= 0.6 is 11.8 Å². The second kappa shape index (κ2) is 8.36. The van der Waals surface area contributed by atoms with Gasteiger partial charge in [-0.05, 0) is 49.1 Å². The molecule has 1 N–H and O–H groups in total. The molecule has 0 saturated heterocycles. The Morgan fingerprint density at radius 1 is 1.03 bits per heavy atom. The maximum absolute atomic E-state index is 10.6. The lowest BCUT2D eigenvalue weighted by molar-refractivity contribution is 0.188. The molecule has 5 heteroatoms. The van der Waals surface area contributed by atoms with Gasteiger partial charge in [-0.1, -0.05) is 48.2 Å². The minimum atomic E-state index is -0.515. The predicted octanol–water partition coefficient (Wildman–Crippen LogP) is 6.28. The summed E-state index contributed by atoms with van der Waals surface area (Å²) in [5.41, 5.74) is 2.41. The zero-order valence-electron chi connectivity index (χ0n) is 17.2. The van der Waals surface area contributed by atoms with Crippen LogP contribution in [0.3, 0.4) is 0 Å². The Balaban J connectivity index is 1.58. The minimum absolute atomic E-state index is 0.100. The van der Waals surface area contributed by atoms with Crippen molar-refractivity contribution < 1.29 is 19.3 Å². The summed E-state index contributed by atoms with van der Waals surface area (Å²) in [6.45, 7) is 4.42. The van der Waals surface area contributed by atoms with Gasteiger partial charge in [-0.25, -0.2) is 0 Å². The second-order valence-corrected chi connectivity index (χ2v) is 8.47. The number of hydrogen-bond donors (Lipinski definition) is 1. The van der Waals surface area contributed by atoms with Crippen molar-refractivity contribution in [3.63, 3.8) is 0 Å². The van der Waals surface area contributed by atoms with Gasteiger partial charge in [-0.15, -0.1) is 0 Å². The van der Waals surface area contributed by atoms with Crippen LogP contribution in [0.25, 0.3) is 5.57 Å². The van der Waals surface area contributed by atoms with Gasteiger partial charge in [0.15, 0.2) is 11.5 Å². The van der Waals surface area contributed by atoms with Gasteiger partial charge in [-0.2, -0.15) is 0 Å². The molecule has 0 amide bonds. The first-order valence-corrected chi connectivity index (χ1v) is 10.6. The van der Waals surface area contributed by atoms with Gasteiger partial charge in [0.25, 0.3) is 0 Å². The van der Waals surface area contributed by atoms with Crippen molar-refractivity contribution in [2.45, 2.75) is 31.0 Å². The number of thioether (sulfide) groups is 1. The first kappa shape index (κ1) is 20.2. The highest BCUT2D eigenvalue weighted by molar-refractivity contribution is 8.02. The molecular formula is C25H24O4S. The Morgan fingerprint density at radius 3 is 2.60 bits per heavy atom. The number of fused-ring (bicyclic) bond motifs is 1. The number of methoxy groups -OCH3 is 1. The highest BCUT2D eigenvalue weighted by atomic mass is 32.2. The Labute approximate surface area is 181 Å². The predicted molar refractivity (Wildman–Crippen MR) is 120 cm³/mol. The highest BCUT2D eigenvalue weighted by Gasteiger charge is 2.37. The van der Waals surface area contributed by atoms with Crippen molar-refractivity contribution in [1.82, 2.24) is 0 Å². The fraction of sp³-hybridized carbons (Fsp3) is 0.200. The van der Waals surface area contributed by atoms with Crippen molar-refractivity contribution in [3.8, 4) is 23.0 Å². The van der Waals surface area contributed by atoms with Crippen LogP contribution in [0.15, 0.2) is 77.0 Å². The van der Waals surface area contributed by atoms with Gasteiger partial charge in [0.1, 0.15) is 23.7 Å². The van der Waals surface area contributed by atoms with E-state index in [2.05, 4.69) is 5.41 Å². The second-order valence-electron chi connectivity index (χ2n) is 7.53.